The number of hydrogen-bond acceptors (Lipinski definition) is 7. The molecule has 156 valence electrons. The highest BCUT2D eigenvalue weighted by atomic mass is 16.2. The summed E-state index contributed by atoms with van der Waals surface area (Å²) in [6.07, 6.45) is 3.06. The lowest BCUT2D eigenvalue weighted by molar-refractivity contribution is 0.262. The van der Waals surface area contributed by atoms with E-state index in [1.807, 2.05) is 0 Å². The molecule has 0 fully saturated rings. The highest BCUT2D eigenvalue weighted by molar-refractivity contribution is 6.01. The van der Waals surface area contributed by atoms with Gasteiger partial charge >= 0.3 is 6.03 Å². The second-order valence-corrected chi connectivity index (χ2v) is 5.86. The van der Waals surface area contributed by atoms with E-state index in [2.05, 4.69) is 41.0 Å². The number of aromatic nitrogens is 2. The molecule has 0 radical (unpaired) electrons. The molecule has 0 aliphatic heterocycles. The predicted octanol–water partition coefficient (Wildman–Crippen LogP) is 0.115. The molecular weight excluding hydrogens is 388 g/mol. The molecule has 0 unspecified atom stereocenters. The number of rotatable bonds is 6. The van der Waals surface area contributed by atoms with Gasteiger partial charge in [0.2, 0.25) is 11.9 Å². The van der Waals surface area contributed by atoms with Gasteiger partial charge < -0.3 is 22.9 Å². The van der Waals surface area contributed by atoms with Crippen molar-refractivity contribution in [2.45, 2.75) is 13.8 Å². The maximum absolute atomic E-state index is 12.1. The first-order chi connectivity index (χ1) is 14.2. The van der Waals surface area contributed by atoms with Gasteiger partial charge in [0.1, 0.15) is 11.6 Å². The third-order valence-corrected chi connectivity index (χ3v) is 3.48. The van der Waals surface area contributed by atoms with Crippen LogP contribution in [0.2, 0.25) is 0 Å². The summed E-state index contributed by atoms with van der Waals surface area (Å²) in [5.41, 5.74) is 23.5. The standard InChI is InChI=1S/C17H22N12O/c1-9(26-28-15(18)19)11-3-5-13(22-7-11)24-17(30)25-14-6-4-12(8-23-14)10(2)27-29-16(20)21/h3-8H,1-2H3,(H4,18,19,28)(H4,20,21,29)(H2,22,23,24,25,30)/b26-9+,27-10+. The maximum atomic E-state index is 12.1. The van der Waals surface area contributed by atoms with Gasteiger partial charge in [-0.25, -0.2) is 14.8 Å². The number of carbonyl (C=O) groups is 1. The fourth-order valence-electron chi connectivity index (χ4n) is 2.01. The maximum Gasteiger partial charge on any atom is 0.326 e. The third kappa shape index (κ3) is 6.88. The van der Waals surface area contributed by atoms with Crippen LogP contribution in [0.5, 0.6) is 0 Å². The minimum absolute atomic E-state index is 0.143. The molecule has 0 bridgehead atoms. The lowest BCUT2D eigenvalue weighted by Gasteiger charge is -2.07. The van der Waals surface area contributed by atoms with Gasteiger partial charge in [-0.2, -0.15) is 10.2 Å². The molecule has 2 heterocycles. The van der Waals surface area contributed by atoms with Crippen LogP contribution >= 0.6 is 0 Å². The quantitative estimate of drug-likeness (QED) is 0.219. The van der Waals surface area contributed by atoms with Gasteiger partial charge in [0, 0.05) is 23.5 Å². The SMILES string of the molecule is C/C(=N\N=C(N)N)c1ccc(NC(=O)Nc2ccc(/C(C)=N/N=C(N)N)cn2)nc1. The van der Waals surface area contributed by atoms with E-state index in [1.54, 1.807) is 38.1 Å². The van der Waals surface area contributed by atoms with Crippen LogP contribution < -0.4 is 33.6 Å². The van der Waals surface area contributed by atoms with Gasteiger partial charge in [-0.05, 0) is 38.1 Å². The molecule has 2 aromatic heterocycles. The van der Waals surface area contributed by atoms with Gasteiger partial charge in [-0.3, -0.25) is 10.6 Å². The lowest BCUT2D eigenvalue weighted by Crippen LogP contribution is -2.22. The Morgan fingerprint density at radius 1 is 0.733 bits per heavy atom. The second-order valence-electron chi connectivity index (χ2n) is 5.86. The zero-order valence-corrected chi connectivity index (χ0v) is 16.4. The average molecular weight is 410 g/mol. The molecule has 0 atom stereocenters. The van der Waals surface area contributed by atoms with Crippen molar-refractivity contribution in [3.05, 3.63) is 47.8 Å². The summed E-state index contributed by atoms with van der Waals surface area (Å²) in [4.78, 5) is 20.4. The predicted molar refractivity (Wildman–Crippen MR) is 117 cm³/mol. The lowest BCUT2D eigenvalue weighted by atomic mass is 10.2. The van der Waals surface area contributed by atoms with Crippen molar-refractivity contribution in [1.82, 2.24) is 9.97 Å². The van der Waals surface area contributed by atoms with Crippen LogP contribution in [-0.2, 0) is 0 Å². The van der Waals surface area contributed by atoms with Gasteiger partial charge in [0.25, 0.3) is 0 Å². The summed E-state index contributed by atoms with van der Waals surface area (Å²) in [7, 11) is 0. The van der Waals surface area contributed by atoms with Crippen molar-refractivity contribution >= 4 is 41.0 Å². The monoisotopic (exact) mass is 410 g/mol. The number of carbonyl (C=O) groups excluding carboxylic acids is 1. The van der Waals surface area contributed by atoms with Crippen LogP contribution in [0.4, 0.5) is 16.4 Å². The topological polar surface area (TPSA) is 220 Å². The van der Waals surface area contributed by atoms with E-state index < -0.39 is 6.03 Å². The summed E-state index contributed by atoms with van der Waals surface area (Å²) in [6.45, 7) is 3.45. The smallest absolute Gasteiger partial charge is 0.326 e. The molecule has 13 nitrogen and oxygen atoms in total. The number of nitrogens with two attached hydrogens (primary N) is 4. The third-order valence-electron chi connectivity index (χ3n) is 3.48. The van der Waals surface area contributed by atoms with Crippen LogP contribution in [0.3, 0.4) is 0 Å². The van der Waals surface area contributed by atoms with Gasteiger partial charge in [-0.15, -0.1) is 10.2 Å². The van der Waals surface area contributed by atoms with Crippen molar-refractivity contribution in [2.24, 2.45) is 43.3 Å². The molecule has 0 spiro atoms. The highest BCUT2D eigenvalue weighted by Crippen LogP contribution is 2.09. The average Bonchev–Trinajstić information content (AvgIpc) is 2.71. The minimum Gasteiger partial charge on any atom is -0.369 e. The van der Waals surface area contributed by atoms with Crippen LogP contribution in [0.1, 0.15) is 25.0 Å². The number of amides is 2. The van der Waals surface area contributed by atoms with Gasteiger partial charge in [0.05, 0.1) is 11.4 Å². The van der Waals surface area contributed by atoms with Crippen LogP contribution in [0.25, 0.3) is 0 Å². The summed E-state index contributed by atoms with van der Waals surface area (Å²) in [6, 6.07) is 6.16. The fraction of sp³-hybridized carbons (Fsp3) is 0.118. The first-order valence-corrected chi connectivity index (χ1v) is 8.52. The Morgan fingerprint density at radius 3 is 1.43 bits per heavy atom. The number of guanidine groups is 2. The molecule has 10 N–H and O–H groups in total. The Hall–Kier alpha value is -4.55. The summed E-state index contributed by atoms with van der Waals surface area (Å²) < 4.78 is 0. The second kappa shape index (κ2) is 10.1. The van der Waals surface area contributed by atoms with E-state index in [4.69, 9.17) is 22.9 Å². The van der Waals surface area contributed by atoms with Crippen molar-refractivity contribution in [3.63, 3.8) is 0 Å². The van der Waals surface area contributed by atoms with Crippen molar-refractivity contribution in [3.8, 4) is 0 Å². The van der Waals surface area contributed by atoms with Crippen LogP contribution in [-0.4, -0.2) is 39.3 Å². The molecule has 30 heavy (non-hydrogen) atoms. The normalized spacial score (nSPS) is 11.4. The van der Waals surface area contributed by atoms with E-state index in [0.29, 0.717) is 34.2 Å². The van der Waals surface area contributed by atoms with E-state index in [-0.39, 0.29) is 11.9 Å². The number of nitrogens with zero attached hydrogens (tertiary/aromatic N) is 6. The van der Waals surface area contributed by atoms with Crippen molar-refractivity contribution in [2.75, 3.05) is 10.6 Å². The molecule has 0 aliphatic carbocycles. The molecular formula is C17H22N12O. The molecule has 0 aromatic carbocycles. The summed E-state index contributed by atoms with van der Waals surface area (Å²) in [5.74, 6) is 0.385. The van der Waals surface area contributed by atoms with E-state index >= 15 is 0 Å². The van der Waals surface area contributed by atoms with E-state index in [9.17, 15) is 4.79 Å². The van der Waals surface area contributed by atoms with Gasteiger partial charge in [-0.1, -0.05) is 0 Å². The molecule has 2 amide bonds. The van der Waals surface area contributed by atoms with Crippen LogP contribution in [0, 0.1) is 0 Å². The number of nitrogens with one attached hydrogen (secondary N) is 2. The van der Waals surface area contributed by atoms with Crippen molar-refractivity contribution in [1.29, 1.82) is 0 Å². The zero-order chi connectivity index (χ0) is 22.1. The zero-order valence-electron chi connectivity index (χ0n) is 16.4. The molecule has 2 aromatic rings. The Labute approximate surface area is 172 Å². The van der Waals surface area contributed by atoms with Crippen LogP contribution in [0.15, 0.2) is 57.1 Å². The number of anilines is 2. The highest BCUT2D eigenvalue weighted by Gasteiger charge is 2.06. The van der Waals surface area contributed by atoms with Gasteiger partial charge in [0.15, 0.2) is 0 Å². The first kappa shape index (κ1) is 21.7. The Kier molecular flexibility index (Phi) is 7.34. The molecule has 0 aliphatic rings. The van der Waals surface area contributed by atoms with E-state index in [1.165, 1.54) is 12.4 Å². The molecule has 0 saturated carbocycles. The summed E-state index contributed by atoms with van der Waals surface area (Å²) in [5, 5.41) is 20.1. The molecule has 2 rings (SSSR count). The number of pyridine rings is 2. The Morgan fingerprint density at radius 2 is 1.13 bits per heavy atom. The summed E-state index contributed by atoms with van der Waals surface area (Å²) >= 11 is 0. The van der Waals surface area contributed by atoms with E-state index in [0.717, 1.165) is 0 Å². The minimum atomic E-state index is -0.507. The largest absolute Gasteiger partial charge is 0.369 e. The first-order valence-electron chi connectivity index (χ1n) is 8.52. The Balaban J connectivity index is 1.97. The fourth-order valence-corrected chi connectivity index (χ4v) is 2.01. The Bertz CT molecular complexity index is 917. The molecule has 0 saturated heterocycles. The van der Waals surface area contributed by atoms with Crippen molar-refractivity contribution < 1.29 is 4.79 Å². The number of urea groups is 1. The number of hydrogen-bond donors (Lipinski definition) is 6. The molecule has 13 heteroatoms.